The van der Waals surface area contributed by atoms with E-state index < -0.39 is 35.6 Å². The molecule has 1 aliphatic heterocycles. The zero-order valence-corrected chi connectivity index (χ0v) is 22.0. The second kappa shape index (κ2) is 12.1. The molecule has 0 spiro atoms. The van der Waals surface area contributed by atoms with Crippen LogP contribution in [0.5, 0.6) is 5.75 Å². The molecule has 3 aromatic rings. The van der Waals surface area contributed by atoms with Gasteiger partial charge in [-0.1, -0.05) is 35.9 Å². The summed E-state index contributed by atoms with van der Waals surface area (Å²) in [4.78, 5) is 42.4. The molecular weight excluding hydrogens is 525 g/mol. The minimum absolute atomic E-state index is 0.0480. The van der Waals surface area contributed by atoms with Gasteiger partial charge < -0.3 is 25.2 Å². The SMILES string of the molecule is COc1cccc(CNC(=O)C2CN(C(=O)Nc3ccc(C)cc3)CCN2C(=O)c2cccc(C(F)(F)F)c2)c1. The summed E-state index contributed by atoms with van der Waals surface area (Å²) in [6, 6.07) is 16.7. The summed E-state index contributed by atoms with van der Waals surface area (Å²) < 4.78 is 45.1. The summed E-state index contributed by atoms with van der Waals surface area (Å²) in [7, 11) is 1.52. The summed E-state index contributed by atoms with van der Waals surface area (Å²) in [5, 5.41) is 5.56. The molecule has 11 heteroatoms. The Hall–Kier alpha value is -4.54. The molecule has 2 N–H and O–H groups in total. The van der Waals surface area contributed by atoms with Gasteiger partial charge in [0.1, 0.15) is 11.8 Å². The number of methoxy groups -OCH3 is 1. The monoisotopic (exact) mass is 554 g/mol. The van der Waals surface area contributed by atoms with E-state index in [4.69, 9.17) is 4.74 Å². The summed E-state index contributed by atoms with van der Waals surface area (Å²) in [5.74, 6) is -0.674. The van der Waals surface area contributed by atoms with E-state index in [-0.39, 0.29) is 31.7 Å². The number of piperazine rings is 1. The third kappa shape index (κ3) is 6.90. The molecule has 0 radical (unpaired) electrons. The van der Waals surface area contributed by atoms with Crippen molar-refractivity contribution in [3.05, 3.63) is 95.1 Å². The summed E-state index contributed by atoms with van der Waals surface area (Å²) >= 11 is 0. The van der Waals surface area contributed by atoms with Crippen LogP contribution in [0.25, 0.3) is 0 Å². The molecule has 1 aliphatic rings. The van der Waals surface area contributed by atoms with Gasteiger partial charge in [-0.15, -0.1) is 0 Å². The maximum Gasteiger partial charge on any atom is 0.416 e. The minimum atomic E-state index is -4.63. The van der Waals surface area contributed by atoms with E-state index in [2.05, 4.69) is 10.6 Å². The van der Waals surface area contributed by atoms with Crippen molar-refractivity contribution in [1.82, 2.24) is 15.1 Å². The molecule has 3 aromatic carbocycles. The molecule has 0 saturated carbocycles. The van der Waals surface area contributed by atoms with E-state index >= 15 is 0 Å². The van der Waals surface area contributed by atoms with Crippen molar-refractivity contribution in [2.24, 2.45) is 0 Å². The van der Waals surface area contributed by atoms with Crippen molar-refractivity contribution >= 4 is 23.5 Å². The Morgan fingerprint density at radius 3 is 2.40 bits per heavy atom. The predicted octanol–water partition coefficient (Wildman–Crippen LogP) is 4.70. The molecule has 4 rings (SSSR count). The maximum atomic E-state index is 13.4. The first kappa shape index (κ1) is 28.5. The number of urea groups is 1. The molecule has 8 nitrogen and oxygen atoms in total. The first-order valence-electron chi connectivity index (χ1n) is 12.6. The third-order valence-corrected chi connectivity index (χ3v) is 6.57. The number of hydrogen-bond donors (Lipinski definition) is 2. The average molecular weight is 555 g/mol. The topological polar surface area (TPSA) is 91.0 Å². The van der Waals surface area contributed by atoms with Crippen LogP contribution in [0.1, 0.15) is 27.0 Å². The van der Waals surface area contributed by atoms with E-state index in [1.807, 2.05) is 19.1 Å². The molecule has 210 valence electrons. The van der Waals surface area contributed by atoms with Crippen LogP contribution >= 0.6 is 0 Å². The number of anilines is 1. The van der Waals surface area contributed by atoms with Gasteiger partial charge in [0.2, 0.25) is 5.91 Å². The Morgan fingerprint density at radius 2 is 1.70 bits per heavy atom. The molecule has 1 saturated heterocycles. The molecule has 1 fully saturated rings. The Kier molecular flexibility index (Phi) is 8.61. The largest absolute Gasteiger partial charge is 0.497 e. The van der Waals surface area contributed by atoms with Crippen LogP contribution in [0.15, 0.2) is 72.8 Å². The number of alkyl halides is 3. The van der Waals surface area contributed by atoms with Gasteiger partial charge in [0, 0.05) is 30.9 Å². The van der Waals surface area contributed by atoms with Crippen LogP contribution in [0, 0.1) is 6.92 Å². The molecule has 0 aliphatic carbocycles. The van der Waals surface area contributed by atoms with Crippen LogP contribution in [0.4, 0.5) is 23.7 Å². The zero-order valence-electron chi connectivity index (χ0n) is 22.0. The Morgan fingerprint density at radius 1 is 0.975 bits per heavy atom. The number of nitrogens with one attached hydrogen (secondary N) is 2. The second-order valence-corrected chi connectivity index (χ2v) is 9.40. The van der Waals surface area contributed by atoms with E-state index in [0.717, 1.165) is 29.3 Å². The fourth-order valence-corrected chi connectivity index (χ4v) is 4.36. The lowest BCUT2D eigenvalue weighted by atomic mass is 10.1. The number of ether oxygens (including phenoxy) is 1. The van der Waals surface area contributed by atoms with Gasteiger partial charge in [-0.3, -0.25) is 9.59 Å². The molecule has 1 unspecified atom stereocenters. The summed E-state index contributed by atoms with van der Waals surface area (Å²) in [5.41, 5.74) is 1.17. The molecular formula is C29H29F3N4O4. The standard InChI is InChI=1S/C29H29F3N4O4/c1-19-9-11-23(12-10-19)34-28(39)35-13-14-36(27(38)21-6-4-7-22(16-21)29(30,31)32)25(18-35)26(37)33-17-20-5-3-8-24(15-20)40-2/h3-12,15-16,25H,13-14,17-18H2,1-2H3,(H,33,37)(H,34,39). The number of hydrogen-bond acceptors (Lipinski definition) is 4. The number of carbonyl (C=O) groups is 3. The molecule has 1 heterocycles. The van der Waals surface area contributed by atoms with Gasteiger partial charge in [-0.05, 0) is 55.0 Å². The smallest absolute Gasteiger partial charge is 0.416 e. The van der Waals surface area contributed by atoms with Crippen molar-refractivity contribution in [3.63, 3.8) is 0 Å². The zero-order chi connectivity index (χ0) is 28.9. The molecule has 4 amide bonds. The Bertz CT molecular complexity index is 1380. The first-order valence-corrected chi connectivity index (χ1v) is 12.6. The van der Waals surface area contributed by atoms with E-state index in [0.29, 0.717) is 11.4 Å². The number of carbonyl (C=O) groups excluding carboxylic acids is 3. The second-order valence-electron chi connectivity index (χ2n) is 9.40. The highest BCUT2D eigenvalue weighted by molar-refractivity contribution is 5.98. The fourth-order valence-electron chi connectivity index (χ4n) is 4.36. The fraction of sp³-hybridized carbons (Fsp3) is 0.276. The lowest BCUT2D eigenvalue weighted by Crippen LogP contribution is -2.62. The molecule has 0 bridgehead atoms. The van der Waals surface area contributed by atoms with E-state index in [9.17, 15) is 27.6 Å². The highest BCUT2D eigenvalue weighted by Gasteiger charge is 2.38. The summed E-state index contributed by atoms with van der Waals surface area (Å²) in [6.45, 7) is 1.93. The van der Waals surface area contributed by atoms with E-state index in [1.54, 1.807) is 36.4 Å². The van der Waals surface area contributed by atoms with Crippen molar-refractivity contribution in [1.29, 1.82) is 0 Å². The molecule has 40 heavy (non-hydrogen) atoms. The average Bonchev–Trinajstić information content (AvgIpc) is 2.96. The van der Waals surface area contributed by atoms with Crippen LogP contribution < -0.4 is 15.4 Å². The predicted molar refractivity (Wildman–Crippen MR) is 143 cm³/mol. The Balaban J connectivity index is 1.55. The quantitative estimate of drug-likeness (QED) is 0.462. The van der Waals surface area contributed by atoms with Crippen LogP contribution in [0.2, 0.25) is 0 Å². The maximum absolute atomic E-state index is 13.4. The van der Waals surface area contributed by atoms with Gasteiger partial charge >= 0.3 is 12.2 Å². The van der Waals surface area contributed by atoms with Crippen molar-refractivity contribution in [2.75, 3.05) is 32.1 Å². The lowest BCUT2D eigenvalue weighted by molar-refractivity contribution is -0.137. The van der Waals surface area contributed by atoms with Gasteiger partial charge in [0.25, 0.3) is 5.91 Å². The number of amides is 4. The third-order valence-electron chi connectivity index (χ3n) is 6.57. The number of benzene rings is 3. The summed E-state index contributed by atoms with van der Waals surface area (Å²) in [6.07, 6.45) is -4.63. The highest BCUT2D eigenvalue weighted by atomic mass is 19.4. The molecule has 0 aromatic heterocycles. The Labute approximate surface area is 229 Å². The number of nitrogens with zero attached hydrogens (tertiary/aromatic N) is 2. The van der Waals surface area contributed by atoms with Crippen molar-refractivity contribution in [3.8, 4) is 5.75 Å². The lowest BCUT2D eigenvalue weighted by Gasteiger charge is -2.40. The van der Waals surface area contributed by atoms with Gasteiger partial charge in [0.15, 0.2) is 0 Å². The van der Waals surface area contributed by atoms with Crippen LogP contribution in [-0.2, 0) is 17.5 Å². The van der Waals surface area contributed by atoms with Crippen molar-refractivity contribution in [2.45, 2.75) is 25.7 Å². The number of rotatable bonds is 6. The van der Waals surface area contributed by atoms with Crippen molar-refractivity contribution < 1.29 is 32.3 Å². The molecule has 1 atom stereocenters. The van der Waals surface area contributed by atoms with E-state index in [1.165, 1.54) is 23.0 Å². The number of halogens is 3. The number of aryl methyl sites for hydroxylation is 1. The van der Waals surface area contributed by atoms with Gasteiger partial charge in [-0.25, -0.2) is 4.79 Å². The normalized spacial score (nSPS) is 15.4. The van der Waals surface area contributed by atoms with Crippen LogP contribution in [0.3, 0.4) is 0 Å². The highest BCUT2D eigenvalue weighted by Crippen LogP contribution is 2.30. The minimum Gasteiger partial charge on any atom is -0.497 e. The van der Waals surface area contributed by atoms with Crippen LogP contribution in [-0.4, -0.2) is 60.4 Å². The first-order chi connectivity index (χ1) is 19.0. The van der Waals surface area contributed by atoms with Gasteiger partial charge in [-0.2, -0.15) is 13.2 Å². The van der Waals surface area contributed by atoms with Gasteiger partial charge in [0.05, 0.1) is 19.2 Å².